The van der Waals surface area contributed by atoms with Gasteiger partial charge in [-0.3, -0.25) is 9.69 Å². The number of nitrogens with one attached hydrogen (secondary N) is 1. The first-order chi connectivity index (χ1) is 15.2. The van der Waals surface area contributed by atoms with Gasteiger partial charge < -0.3 is 20.4 Å². The van der Waals surface area contributed by atoms with Gasteiger partial charge in [0.25, 0.3) is 5.91 Å². The van der Waals surface area contributed by atoms with Crippen LogP contribution >= 0.6 is 0 Å². The van der Waals surface area contributed by atoms with Gasteiger partial charge in [0.2, 0.25) is 0 Å². The number of nitrogen functional groups attached to an aromatic ring is 1. The van der Waals surface area contributed by atoms with Crippen LogP contribution in [0.5, 0.6) is 0 Å². The lowest BCUT2D eigenvalue weighted by Crippen LogP contribution is -2.38. The molecule has 31 heavy (non-hydrogen) atoms. The number of morpholine rings is 1. The van der Waals surface area contributed by atoms with E-state index < -0.39 is 0 Å². The summed E-state index contributed by atoms with van der Waals surface area (Å²) in [6, 6.07) is 17.0. The SMILES string of the molecule is Nc1c(C(=O)Nc2ccccc2)c2nc3ccccc3nc2n1CCN1CCOCC1. The van der Waals surface area contributed by atoms with Crippen LogP contribution in [0.1, 0.15) is 10.4 Å². The predicted octanol–water partition coefficient (Wildman–Crippen LogP) is 2.75. The third kappa shape index (κ3) is 3.83. The molecule has 4 aromatic rings. The minimum atomic E-state index is -0.289. The van der Waals surface area contributed by atoms with Gasteiger partial charge in [-0.15, -0.1) is 0 Å². The van der Waals surface area contributed by atoms with Gasteiger partial charge in [0.05, 0.1) is 24.2 Å². The number of carbonyl (C=O) groups excluding carboxylic acids is 1. The lowest BCUT2D eigenvalue weighted by molar-refractivity contribution is 0.0366. The fourth-order valence-corrected chi connectivity index (χ4v) is 3.95. The average molecular weight is 416 g/mol. The van der Waals surface area contributed by atoms with Crippen LogP contribution in [0, 0.1) is 0 Å². The van der Waals surface area contributed by atoms with Gasteiger partial charge in [0.15, 0.2) is 5.65 Å². The van der Waals surface area contributed by atoms with Crippen molar-refractivity contribution < 1.29 is 9.53 Å². The molecule has 3 N–H and O–H groups in total. The van der Waals surface area contributed by atoms with E-state index in [0.717, 1.165) is 43.9 Å². The summed E-state index contributed by atoms with van der Waals surface area (Å²) < 4.78 is 7.34. The molecule has 5 rings (SSSR count). The zero-order chi connectivity index (χ0) is 21.2. The predicted molar refractivity (Wildman–Crippen MR) is 121 cm³/mol. The quantitative estimate of drug-likeness (QED) is 0.519. The highest BCUT2D eigenvalue weighted by molar-refractivity contribution is 6.16. The van der Waals surface area contributed by atoms with E-state index in [1.807, 2.05) is 59.2 Å². The van der Waals surface area contributed by atoms with Crippen molar-refractivity contribution in [3.05, 3.63) is 60.2 Å². The Morgan fingerprint density at radius 1 is 0.968 bits per heavy atom. The highest BCUT2D eigenvalue weighted by atomic mass is 16.5. The first-order valence-electron chi connectivity index (χ1n) is 10.4. The van der Waals surface area contributed by atoms with E-state index in [0.29, 0.717) is 34.8 Å². The van der Waals surface area contributed by atoms with Crippen LogP contribution in [0.15, 0.2) is 54.6 Å². The first-order valence-corrected chi connectivity index (χ1v) is 10.4. The number of benzene rings is 2. The molecule has 1 aliphatic heterocycles. The maximum atomic E-state index is 13.2. The molecule has 0 aliphatic carbocycles. The Bertz CT molecular complexity index is 1230. The molecule has 1 saturated heterocycles. The highest BCUT2D eigenvalue weighted by Gasteiger charge is 2.24. The summed E-state index contributed by atoms with van der Waals surface area (Å²) in [7, 11) is 0. The molecule has 8 nitrogen and oxygen atoms in total. The fraction of sp³-hybridized carbons (Fsp3) is 0.261. The summed E-state index contributed by atoms with van der Waals surface area (Å²) in [5.74, 6) is 0.0930. The highest BCUT2D eigenvalue weighted by Crippen LogP contribution is 2.28. The lowest BCUT2D eigenvalue weighted by atomic mass is 10.2. The third-order valence-corrected chi connectivity index (χ3v) is 5.59. The first kappa shape index (κ1) is 19.5. The van der Waals surface area contributed by atoms with E-state index in [9.17, 15) is 4.79 Å². The van der Waals surface area contributed by atoms with Crippen LogP contribution in [-0.4, -0.2) is 58.2 Å². The number of aromatic nitrogens is 3. The monoisotopic (exact) mass is 416 g/mol. The van der Waals surface area contributed by atoms with E-state index in [1.165, 1.54) is 0 Å². The summed E-state index contributed by atoms with van der Waals surface area (Å²) in [6.07, 6.45) is 0. The van der Waals surface area contributed by atoms with Crippen molar-refractivity contribution in [2.45, 2.75) is 6.54 Å². The second-order valence-corrected chi connectivity index (χ2v) is 7.57. The van der Waals surface area contributed by atoms with Gasteiger partial charge in [0, 0.05) is 31.9 Å². The average Bonchev–Trinajstić information content (AvgIpc) is 3.07. The van der Waals surface area contributed by atoms with Crippen LogP contribution in [0.3, 0.4) is 0 Å². The number of amides is 1. The van der Waals surface area contributed by atoms with Crippen molar-refractivity contribution in [2.75, 3.05) is 43.9 Å². The zero-order valence-electron chi connectivity index (χ0n) is 17.1. The van der Waals surface area contributed by atoms with Crippen LogP contribution < -0.4 is 11.1 Å². The number of ether oxygens (including phenoxy) is 1. The molecule has 0 unspecified atom stereocenters. The number of hydrogen-bond donors (Lipinski definition) is 2. The van der Waals surface area contributed by atoms with Gasteiger partial charge in [-0.25, -0.2) is 9.97 Å². The van der Waals surface area contributed by atoms with Gasteiger partial charge in [0.1, 0.15) is 16.9 Å². The smallest absolute Gasteiger partial charge is 0.261 e. The van der Waals surface area contributed by atoms with E-state index in [-0.39, 0.29) is 5.91 Å². The van der Waals surface area contributed by atoms with Crippen molar-refractivity contribution in [2.24, 2.45) is 0 Å². The summed E-state index contributed by atoms with van der Waals surface area (Å²) in [4.78, 5) is 25.1. The van der Waals surface area contributed by atoms with Gasteiger partial charge >= 0.3 is 0 Å². The maximum absolute atomic E-state index is 13.2. The largest absolute Gasteiger partial charge is 0.384 e. The molecule has 158 valence electrons. The molecule has 0 spiro atoms. The molecule has 1 fully saturated rings. The lowest BCUT2D eigenvalue weighted by Gasteiger charge is -2.26. The fourth-order valence-electron chi connectivity index (χ4n) is 3.95. The maximum Gasteiger partial charge on any atom is 0.261 e. The second-order valence-electron chi connectivity index (χ2n) is 7.57. The Hall–Kier alpha value is -3.49. The van der Waals surface area contributed by atoms with E-state index in [1.54, 1.807) is 0 Å². The number of anilines is 2. The van der Waals surface area contributed by atoms with Crippen LogP contribution in [-0.2, 0) is 11.3 Å². The summed E-state index contributed by atoms with van der Waals surface area (Å²) >= 11 is 0. The van der Waals surface area contributed by atoms with Crippen molar-refractivity contribution in [1.29, 1.82) is 0 Å². The van der Waals surface area contributed by atoms with Gasteiger partial charge in [-0.2, -0.15) is 0 Å². The molecule has 0 saturated carbocycles. The molecular weight excluding hydrogens is 392 g/mol. The van der Waals surface area contributed by atoms with Crippen molar-refractivity contribution in [3.8, 4) is 0 Å². The number of nitrogens with zero attached hydrogens (tertiary/aromatic N) is 4. The topological polar surface area (TPSA) is 98.3 Å². The minimum Gasteiger partial charge on any atom is -0.384 e. The van der Waals surface area contributed by atoms with Crippen LogP contribution in [0.2, 0.25) is 0 Å². The molecule has 3 heterocycles. The minimum absolute atomic E-state index is 0.289. The number of fused-ring (bicyclic) bond motifs is 2. The molecule has 8 heteroatoms. The number of nitrogens with two attached hydrogens (primary N) is 1. The van der Waals surface area contributed by atoms with Crippen molar-refractivity contribution >= 4 is 39.6 Å². The number of hydrogen-bond acceptors (Lipinski definition) is 6. The van der Waals surface area contributed by atoms with E-state index in [2.05, 4.69) is 10.2 Å². The Morgan fingerprint density at radius 3 is 2.39 bits per heavy atom. The second kappa shape index (κ2) is 8.33. The Balaban J connectivity index is 1.57. The van der Waals surface area contributed by atoms with Gasteiger partial charge in [-0.1, -0.05) is 30.3 Å². The number of para-hydroxylation sites is 3. The molecule has 2 aromatic heterocycles. The van der Waals surface area contributed by atoms with Crippen molar-refractivity contribution in [3.63, 3.8) is 0 Å². The molecule has 2 aromatic carbocycles. The molecule has 1 aliphatic rings. The standard InChI is InChI=1S/C23H24N6O2/c24-21-19(23(30)25-16-6-2-1-3-7-16)20-22(27-18-9-5-4-8-17(18)26-20)29(21)11-10-28-12-14-31-15-13-28/h1-9H,10-15,24H2,(H,25,30). The number of carbonyl (C=O) groups is 1. The van der Waals surface area contributed by atoms with E-state index >= 15 is 0 Å². The summed E-state index contributed by atoms with van der Waals surface area (Å²) in [6.45, 7) is 4.65. The van der Waals surface area contributed by atoms with Gasteiger partial charge in [-0.05, 0) is 24.3 Å². The molecule has 0 bridgehead atoms. The molecule has 0 radical (unpaired) electrons. The molecule has 1 amide bonds. The number of rotatable bonds is 5. The summed E-state index contributed by atoms with van der Waals surface area (Å²) in [5, 5.41) is 2.93. The van der Waals surface area contributed by atoms with Crippen molar-refractivity contribution in [1.82, 2.24) is 19.4 Å². The summed E-state index contributed by atoms with van der Waals surface area (Å²) in [5.41, 5.74) is 10.2. The molecular formula is C23H24N6O2. The normalized spacial score (nSPS) is 14.8. The van der Waals surface area contributed by atoms with E-state index in [4.69, 9.17) is 20.4 Å². The molecule has 0 atom stereocenters. The van der Waals surface area contributed by atoms with Crippen LogP contribution in [0.25, 0.3) is 22.2 Å². The Kier molecular flexibility index (Phi) is 5.23. The third-order valence-electron chi connectivity index (χ3n) is 5.59. The Labute approximate surface area is 179 Å². The Morgan fingerprint density at radius 2 is 1.65 bits per heavy atom. The zero-order valence-corrected chi connectivity index (χ0v) is 17.1. The van der Waals surface area contributed by atoms with Crippen LogP contribution in [0.4, 0.5) is 11.5 Å².